The second kappa shape index (κ2) is 3.70. The number of aromatic hydroxyl groups is 1. The van der Waals surface area contributed by atoms with Crippen LogP contribution >= 0.6 is 0 Å². The first kappa shape index (κ1) is 10.5. The average Bonchev–Trinajstić information content (AvgIpc) is 2.35. The smallest absolute Gasteiger partial charge is 0.337 e. The van der Waals surface area contributed by atoms with Gasteiger partial charge in [0, 0.05) is 16.8 Å². The molecule has 0 fully saturated rings. The molecule has 2 aromatic carbocycles. The maximum Gasteiger partial charge on any atom is 0.337 e. The number of carboxylic acids is 1. The van der Waals surface area contributed by atoms with Crippen LogP contribution in [0.4, 0.5) is 0 Å². The van der Waals surface area contributed by atoms with Crippen LogP contribution in [0.2, 0.25) is 0 Å². The fourth-order valence-electron chi connectivity index (χ4n) is 2.11. The summed E-state index contributed by atoms with van der Waals surface area (Å²) in [5, 5.41) is 19.9. The highest BCUT2D eigenvalue weighted by Gasteiger charge is 2.14. The van der Waals surface area contributed by atoms with E-state index >= 15 is 0 Å². The normalized spacial score (nSPS) is 10.9. The average molecular weight is 239 g/mol. The van der Waals surface area contributed by atoms with E-state index < -0.39 is 5.97 Å². The monoisotopic (exact) mass is 239 g/mol. The summed E-state index contributed by atoms with van der Waals surface area (Å²) in [5.74, 6) is -0.925. The molecule has 18 heavy (non-hydrogen) atoms. The lowest BCUT2D eigenvalue weighted by molar-refractivity contribution is 0.0701. The van der Waals surface area contributed by atoms with Gasteiger partial charge >= 0.3 is 5.97 Å². The van der Waals surface area contributed by atoms with Gasteiger partial charge in [-0.05, 0) is 18.2 Å². The van der Waals surface area contributed by atoms with Crippen molar-refractivity contribution >= 4 is 27.8 Å². The van der Waals surface area contributed by atoms with Crippen molar-refractivity contribution in [1.82, 2.24) is 4.98 Å². The molecular formula is C14H9NO3. The van der Waals surface area contributed by atoms with Crippen LogP contribution in [-0.2, 0) is 0 Å². The van der Waals surface area contributed by atoms with E-state index in [1.54, 1.807) is 30.3 Å². The van der Waals surface area contributed by atoms with Crippen molar-refractivity contribution in [3.05, 3.63) is 48.0 Å². The Bertz CT molecular complexity index is 780. The van der Waals surface area contributed by atoms with Gasteiger partial charge in [-0.3, -0.25) is 0 Å². The number of aromatic nitrogens is 1. The fraction of sp³-hybridized carbons (Fsp3) is 0. The Hall–Kier alpha value is -2.62. The van der Waals surface area contributed by atoms with Crippen LogP contribution < -0.4 is 0 Å². The van der Waals surface area contributed by atoms with Crippen molar-refractivity contribution in [2.75, 3.05) is 0 Å². The molecule has 88 valence electrons. The van der Waals surface area contributed by atoms with Gasteiger partial charge in [0.25, 0.3) is 0 Å². The number of hydrogen-bond donors (Lipinski definition) is 2. The number of rotatable bonds is 1. The first-order chi connectivity index (χ1) is 8.66. The maximum atomic E-state index is 11.4. The van der Waals surface area contributed by atoms with E-state index in [-0.39, 0.29) is 11.3 Å². The lowest BCUT2D eigenvalue weighted by atomic mass is 10.0. The van der Waals surface area contributed by atoms with Crippen LogP contribution in [0.25, 0.3) is 21.8 Å². The van der Waals surface area contributed by atoms with Gasteiger partial charge in [-0.15, -0.1) is 0 Å². The molecule has 1 aromatic heterocycles. The summed E-state index contributed by atoms with van der Waals surface area (Å²) in [6.45, 7) is 0. The predicted molar refractivity (Wildman–Crippen MR) is 67.9 cm³/mol. The van der Waals surface area contributed by atoms with Crippen LogP contribution in [0, 0.1) is 0 Å². The van der Waals surface area contributed by atoms with E-state index in [1.165, 1.54) is 12.1 Å². The second-order valence-corrected chi connectivity index (χ2v) is 4.01. The summed E-state index contributed by atoms with van der Waals surface area (Å²) < 4.78 is 0. The van der Waals surface area contributed by atoms with Crippen LogP contribution in [0.15, 0.2) is 42.5 Å². The number of hydrogen-bond acceptors (Lipinski definition) is 3. The molecule has 0 aliphatic heterocycles. The van der Waals surface area contributed by atoms with E-state index in [2.05, 4.69) is 4.98 Å². The van der Waals surface area contributed by atoms with Gasteiger partial charge in [0.15, 0.2) is 0 Å². The minimum Gasteiger partial charge on any atom is -0.508 e. The van der Waals surface area contributed by atoms with E-state index in [0.29, 0.717) is 21.8 Å². The molecule has 3 aromatic rings. The highest BCUT2D eigenvalue weighted by Crippen LogP contribution is 2.28. The van der Waals surface area contributed by atoms with Crippen molar-refractivity contribution in [3.8, 4) is 5.75 Å². The molecular weight excluding hydrogens is 230 g/mol. The Labute approximate surface area is 102 Å². The van der Waals surface area contributed by atoms with Crippen molar-refractivity contribution in [2.45, 2.75) is 0 Å². The number of carboxylic acid groups (broad SMARTS) is 1. The third-order valence-corrected chi connectivity index (χ3v) is 2.88. The summed E-state index contributed by atoms with van der Waals surface area (Å²) in [7, 11) is 0. The number of para-hydroxylation sites is 1. The molecule has 0 radical (unpaired) electrons. The third kappa shape index (κ3) is 1.47. The summed E-state index contributed by atoms with van der Waals surface area (Å²) in [4.78, 5) is 15.8. The van der Waals surface area contributed by atoms with Crippen LogP contribution in [0.3, 0.4) is 0 Å². The van der Waals surface area contributed by atoms with Crippen LogP contribution in [0.5, 0.6) is 5.75 Å². The molecule has 0 amide bonds. The van der Waals surface area contributed by atoms with Crippen molar-refractivity contribution < 1.29 is 15.0 Å². The molecule has 0 spiro atoms. The standard InChI is InChI=1S/C14H9NO3/c16-8-5-6-10-12(7-8)15-11-4-2-1-3-9(11)13(10)14(17)18/h1-7,16H,(H,17,18). The molecule has 4 nitrogen and oxygen atoms in total. The summed E-state index contributed by atoms with van der Waals surface area (Å²) in [5.41, 5.74) is 1.30. The number of pyridine rings is 1. The maximum absolute atomic E-state index is 11.4. The molecule has 0 bridgehead atoms. The Morgan fingerprint density at radius 2 is 1.72 bits per heavy atom. The summed E-state index contributed by atoms with van der Waals surface area (Å²) >= 11 is 0. The minimum absolute atomic E-state index is 0.0709. The minimum atomic E-state index is -0.996. The van der Waals surface area contributed by atoms with Crippen molar-refractivity contribution in [3.63, 3.8) is 0 Å². The number of phenolic OH excluding ortho intramolecular Hbond substituents is 1. The topological polar surface area (TPSA) is 70.4 Å². The van der Waals surface area contributed by atoms with E-state index in [1.807, 2.05) is 0 Å². The van der Waals surface area contributed by atoms with Gasteiger partial charge in [0.05, 0.1) is 16.6 Å². The fourth-order valence-corrected chi connectivity index (χ4v) is 2.11. The number of phenols is 1. The molecule has 2 N–H and O–H groups in total. The molecule has 0 atom stereocenters. The van der Waals surface area contributed by atoms with Crippen LogP contribution in [0.1, 0.15) is 10.4 Å². The number of aromatic carboxylic acids is 1. The summed E-state index contributed by atoms with van der Waals surface area (Å²) in [6, 6.07) is 11.6. The third-order valence-electron chi connectivity index (χ3n) is 2.88. The van der Waals surface area contributed by atoms with Crippen molar-refractivity contribution in [2.24, 2.45) is 0 Å². The van der Waals surface area contributed by atoms with Gasteiger partial charge in [-0.2, -0.15) is 0 Å². The number of carbonyl (C=O) groups is 1. The Kier molecular flexibility index (Phi) is 2.16. The van der Waals surface area contributed by atoms with Gasteiger partial charge in [-0.1, -0.05) is 18.2 Å². The molecule has 1 heterocycles. The highest BCUT2D eigenvalue weighted by molar-refractivity contribution is 6.13. The molecule has 0 saturated heterocycles. The first-order valence-electron chi connectivity index (χ1n) is 5.41. The SMILES string of the molecule is O=C(O)c1c2ccccc2nc2cc(O)ccc12. The number of fused-ring (bicyclic) bond motifs is 2. The molecule has 0 aliphatic rings. The zero-order valence-electron chi connectivity index (χ0n) is 9.29. The predicted octanol–water partition coefficient (Wildman–Crippen LogP) is 2.79. The largest absolute Gasteiger partial charge is 0.508 e. The molecule has 3 rings (SSSR count). The highest BCUT2D eigenvalue weighted by atomic mass is 16.4. The Morgan fingerprint density at radius 1 is 1.00 bits per heavy atom. The molecule has 4 heteroatoms. The van der Waals surface area contributed by atoms with Crippen molar-refractivity contribution in [1.29, 1.82) is 0 Å². The Balaban J connectivity index is 2.58. The van der Waals surface area contributed by atoms with Gasteiger partial charge < -0.3 is 10.2 Å². The quantitative estimate of drug-likeness (QED) is 0.640. The van der Waals surface area contributed by atoms with E-state index in [9.17, 15) is 15.0 Å². The molecule has 0 unspecified atom stereocenters. The number of nitrogens with zero attached hydrogens (tertiary/aromatic N) is 1. The zero-order chi connectivity index (χ0) is 12.7. The zero-order valence-corrected chi connectivity index (χ0v) is 9.29. The summed E-state index contributed by atoms with van der Waals surface area (Å²) in [6.07, 6.45) is 0. The second-order valence-electron chi connectivity index (χ2n) is 4.01. The van der Waals surface area contributed by atoms with Gasteiger partial charge in [0.2, 0.25) is 0 Å². The van der Waals surface area contributed by atoms with Crippen LogP contribution in [-0.4, -0.2) is 21.2 Å². The number of benzene rings is 2. The lowest BCUT2D eigenvalue weighted by Gasteiger charge is -2.07. The Morgan fingerprint density at radius 3 is 2.50 bits per heavy atom. The van der Waals surface area contributed by atoms with E-state index in [4.69, 9.17) is 0 Å². The lowest BCUT2D eigenvalue weighted by Crippen LogP contribution is -2.00. The van der Waals surface area contributed by atoms with Gasteiger partial charge in [-0.25, -0.2) is 9.78 Å². The molecule has 0 aliphatic carbocycles. The van der Waals surface area contributed by atoms with E-state index in [0.717, 1.165) is 0 Å². The molecule has 0 saturated carbocycles. The van der Waals surface area contributed by atoms with Gasteiger partial charge in [0.1, 0.15) is 5.75 Å². The first-order valence-corrected chi connectivity index (χ1v) is 5.41.